The van der Waals surface area contributed by atoms with E-state index in [4.69, 9.17) is 14.6 Å². The Morgan fingerprint density at radius 3 is 1.92 bits per heavy atom. The SMILES string of the molecule is C/C=C(/C=C(\O)C(=O)O)COc1ccc(-c2ccc(OC)cc2)cc1. The van der Waals surface area contributed by atoms with Crippen LogP contribution in [0.5, 0.6) is 11.5 Å². The number of carbonyl (C=O) groups is 1. The smallest absolute Gasteiger partial charge is 0.370 e. The van der Waals surface area contributed by atoms with Crippen molar-refractivity contribution in [1.82, 2.24) is 0 Å². The number of benzene rings is 2. The van der Waals surface area contributed by atoms with E-state index in [1.807, 2.05) is 48.5 Å². The van der Waals surface area contributed by atoms with Gasteiger partial charge in [-0.3, -0.25) is 0 Å². The van der Waals surface area contributed by atoms with Gasteiger partial charge in [0.1, 0.15) is 18.1 Å². The number of carboxylic acid groups (broad SMARTS) is 1. The molecule has 0 aliphatic rings. The Labute approximate surface area is 146 Å². The third-order valence-electron chi connectivity index (χ3n) is 3.60. The molecule has 0 unspecified atom stereocenters. The predicted octanol–water partition coefficient (Wildman–Crippen LogP) is 4.21. The molecule has 0 heterocycles. The zero-order chi connectivity index (χ0) is 18.2. The van der Waals surface area contributed by atoms with Crippen LogP contribution in [-0.2, 0) is 4.79 Å². The summed E-state index contributed by atoms with van der Waals surface area (Å²) in [4.78, 5) is 10.6. The minimum absolute atomic E-state index is 0.162. The van der Waals surface area contributed by atoms with Crippen LogP contribution in [0, 0.1) is 0 Å². The highest BCUT2D eigenvalue weighted by Gasteiger charge is 2.06. The third-order valence-corrected chi connectivity index (χ3v) is 3.60. The van der Waals surface area contributed by atoms with E-state index in [2.05, 4.69) is 0 Å². The van der Waals surface area contributed by atoms with Gasteiger partial charge in [0.15, 0.2) is 0 Å². The fraction of sp³-hybridized carbons (Fsp3) is 0.150. The first kappa shape index (κ1) is 18.1. The van der Waals surface area contributed by atoms with Gasteiger partial charge in [-0.05, 0) is 54.0 Å². The summed E-state index contributed by atoms with van der Waals surface area (Å²) in [5.74, 6) is -0.630. The second-order valence-electron chi connectivity index (χ2n) is 5.24. The Kier molecular flexibility index (Phi) is 6.23. The second-order valence-corrected chi connectivity index (χ2v) is 5.24. The van der Waals surface area contributed by atoms with Crippen molar-refractivity contribution in [2.75, 3.05) is 13.7 Å². The predicted molar refractivity (Wildman–Crippen MR) is 96.0 cm³/mol. The lowest BCUT2D eigenvalue weighted by atomic mass is 10.1. The molecule has 25 heavy (non-hydrogen) atoms. The minimum atomic E-state index is -1.37. The maximum absolute atomic E-state index is 10.6. The Morgan fingerprint density at radius 2 is 1.48 bits per heavy atom. The Bertz CT molecular complexity index is 771. The number of aliphatic hydroxyl groups excluding tert-OH is 1. The van der Waals surface area contributed by atoms with Gasteiger partial charge in [-0.25, -0.2) is 4.79 Å². The molecular formula is C20H20O5. The van der Waals surface area contributed by atoms with E-state index in [0.29, 0.717) is 11.3 Å². The first-order valence-electron chi connectivity index (χ1n) is 7.70. The van der Waals surface area contributed by atoms with Gasteiger partial charge in [-0.15, -0.1) is 0 Å². The van der Waals surface area contributed by atoms with Crippen LogP contribution in [-0.4, -0.2) is 29.9 Å². The number of ether oxygens (including phenoxy) is 2. The first-order valence-corrected chi connectivity index (χ1v) is 7.70. The number of allylic oxidation sites excluding steroid dienone is 1. The molecule has 5 heteroatoms. The molecule has 130 valence electrons. The van der Waals surface area contributed by atoms with Crippen LogP contribution in [0.4, 0.5) is 0 Å². The van der Waals surface area contributed by atoms with Gasteiger partial charge in [0, 0.05) is 0 Å². The van der Waals surface area contributed by atoms with Gasteiger partial charge >= 0.3 is 5.97 Å². The van der Waals surface area contributed by atoms with Gasteiger partial charge in [0.2, 0.25) is 5.76 Å². The quantitative estimate of drug-likeness (QED) is 0.448. The molecule has 0 bridgehead atoms. The summed E-state index contributed by atoms with van der Waals surface area (Å²) in [7, 11) is 1.63. The van der Waals surface area contributed by atoms with Gasteiger partial charge in [0.05, 0.1) is 7.11 Å². The van der Waals surface area contributed by atoms with E-state index in [9.17, 15) is 9.90 Å². The average Bonchev–Trinajstić information content (AvgIpc) is 2.65. The van der Waals surface area contributed by atoms with Gasteiger partial charge < -0.3 is 19.7 Å². The standard InChI is InChI=1S/C20H20O5/c1-3-14(12-19(21)20(22)23)13-25-18-10-6-16(7-11-18)15-4-8-17(24-2)9-5-15/h3-12,21H,13H2,1-2H3,(H,22,23)/b14-3-,19-12-. The van der Waals surface area contributed by atoms with Crippen molar-refractivity contribution in [2.45, 2.75) is 6.92 Å². The van der Waals surface area contributed by atoms with Crippen LogP contribution in [0.2, 0.25) is 0 Å². The molecule has 0 saturated carbocycles. The fourth-order valence-corrected chi connectivity index (χ4v) is 2.14. The highest BCUT2D eigenvalue weighted by Crippen LogP contribution is 2.24. The summed E-state index contributed by atoms with van der Waals surface area (Å²) in [5.41, 5.74) is 2.68. The molecule has 2 rings (SSSR count). The van der Waals surface area contributed by atoms with Crippen LogP contribution in [0.25, 0.3) is 11.1 Å². The van der Waals surface area contributed by atoms with Gasteiger partial charge in [0.25, 0.3) is 0 Å². The van der Waals surface area contributed by atoms with Gasteiger partial charge in [-0.2, -0.15) is 0 Å². The van der Waals surface area contributed by atoms with E-state index < -0.39 is 11.7 Å². The normalized spacial score (nSPS) is 11.9. The van der Waals surface area contributed by atoms with Crippen molar-refractivity contribution in [1.29, 1.82) is 0 Å². The number of rotatable bonds is 7. The lowest BCUT2D eigenvalue weighted by Gasteiger charge is -2.09. The van der Waals surface area contributed by atoms with E-state index in [0.717, 1.165) is 16.9 Å². The van der Waals surface area contributed by atoms with Crippen molar-refractivity contribution in [3.05, 3.63) is 72.0 Å². The van der Waals surface area contributed by atoms with E-state index in [-0.39, 0.29) is 6.61 Å². The zero-order valence-electron chi connectivity index (χ0n) is 14.1. The number of hydrogen-bond donors (Lipinski definition) is 2. The molecule has 5 nitrogen and oxygen atoms in total. The lowest BCUT2D eigenvalue weighted by Crippen LogP contribution is -2.04. The first-order chi connectivity index (χ1) is 12.0. The summed E-state index contributed by atoms with van der Waals surface area (Å²) in [6.07, 6.45) is 2.86. The zero-order valence-corrected chi connectivity index (χ0v) is 14.1. The van der Waals surface area contributed by atoms with Crippen molar-refractivity contribution < 1.29 is 24.5 Å². The summed E-state index contributed by atoms with van der Waals surface area (Å²) in [5, 5.41) is 18.0. The van der Waals surface area contributed by atoms with Crippen LogP contribution >= 0.6 is 0 Å². The topological polar surface area (TPSA) is 76.0 Å². The third kappa shape index (κ3) is 5.14. The maximum Gasteiger partial charge on any atom is 0.370 e. The molecule has 0 aliphatic carbocycles. The Morgan fingerprint density at radius 1 is 0.960 bits per heavy atom. The number of methoxy groups -OCH3 is 1. The molecule has 0 aliphatic heterocycles. The van der Waals surface area contributed by atoms with Gasteiger partial charge in [-0.1, -0.05) is 30.3 Å². The molecule has 0 fully saturated rings. The number of aliphatic carboxylic acids is 1. The molecule has 0 radical (unpaired) electrons. The molecule has 0 atom stereocenters. The highest BCUT2D eigenvalue weighted by atomic mass is 16.5. The average molecular weight is 340 g/mol. The summed E-state index contributed by atoms with van der Waals surface area (Å²) >= 11 is 0. The molecule has 0 saturated heterocycles. The highest BCUT2D eigenvalue weighted by molar-refractivity contribution is 5.84. The molecule has 2 N–H and O–H groups in total. The van der Waals surface area contributed by atoms with Crippen LogP contribution < -0.4 is 9.47 Å². The number of hydrogen-bond acceptors (Lipinski definition) is 4. The summed E-state index contributed by atoms with van der Waals surface area (Å²) in [6.45, 7) is 1.91. The van der Waals surface area contributed by atoms with E-state index >= 15 is 0 Å². The Balaban J connectivity index is 2.02. The number of carboxylic acids is 1. The molecule has 2 aromatic carbocycles. The molecule has 0 amide bonds. The summed E-state index contributed by atoms with van der Waals surface area (Å²) in [6, 6.07) is 15.3. The fourth-order valence-electron chi connectivity index (χ4n) is 2.14. The molecule has 0 aromatic heterocycles. The van der Waals surface area contributed by atoms with Crippen LogP contribution in [0.15, 0.2) is 72.0 Å². The second kappa shape index (κ2) is 8.59. The molecular weight excluding hydrogens is 320 g/mol. The van der Waals surface area contributed by atoms with E-state index in [1.165, 1.54) is 6.08 Å². The van der Waals surface area contributed by atoms with Crippen molar-refractivity contribution in [2.24, 2.45) is 0 Å². The molecule has 0 spiro atoms. The molecule has 2 aromatic rings. The maximum atomic E-state index is 10.6. The monoisotopic (exact) mass is 340 g/mol. The summed E-state index contributed by atoms with van der Waals surface area (Å²) < 4.78 is 10.8. The number of aliphatic hydroxyl groups is 1. The minimum Gasteiger partial charge on any atom is -0.502 e. The van der Waals surface area contributed by atoms with Crippen molar-refractivity contribution in [3.63, 3.8) is 0 Å². The lowest BCUT2D eigenvalue weighted by molar-refractivity contribution is -0.135. The van der Waals surface area contributed by atoms with E-state index in [1.54, 1.807) is 20.1 Å². The van der Waals surface area contributed by atoms with Crippen molar-refractivity contribution >= 4 is 5.97 Å². The van der Waals surface area contributed by atoms with Crippen LogP contribution in [0.3, 0.4) is 0 Å². The van der Waals surface area contributed by atoms with Crippen LogP contribution in [0.1, 0.15) is 6.92 Å². The largest absolute Gasteiger partial charge is 0.502 e. The van der Waals surface area contributed by atoms with Crippen molar-refractivity contribution in [3.8, 4) is 22.6 Å². The Hall–Kier alpha value is -3.21.